The van der Waals surface area contributed by atoms with E-state index in [0.717, 1.165) is 55.0 Å². The van der Waals surface area contributed by atoms with Crippen molar-refractivity contribution in [2.45, 2.75) is 45.8 Å². The van der Waals surface area contributed by atoms with Crippen LogP contribution in [0.25, 0.3) is 0 Å². The highest BCUT2D eigenvalue weighted by Gasteiger charge is 2.33. The first-order chi connectivity index (χ1) is 16.4. The maximum atomic E-state index is 12.9. The standard InChI is InChI=1S/C28H37N3O3/c1-20(2)17-26(32)30-15-13-21(14-16-30)19-29(3)23-9-11-24(12-10-23)31-27(33)18-22-7-5-6-8-25(22)28(31)34-4/h5-12,20-21,28H,13-19H2,1-4H3. The summed E-state index contributed by atoms with van der Waals surface area (Å²) in [5, 5.41) is 0. The number of benzene rings is 2. The van der Waals surface area contributed by atoms with Crippen molar-refractivity contribution in [1.82, 2.24) is 4.90 Å². The summed E-state index contributed by atoms with van der Waals surface area (Å²) in [7, 11) is 3.77. The minimum absolute atomic E-state index is 0.0467. The van der Waals surface area contributed by atoms with Gasteiger partial charge in [0.2, 0.25) is 11.8 Å². The summed E-state index contributed by atoms with van der Waals surface area (Å²) in [6.45, 7) is 6.88. The molecule has 2 amide bonds. The number of fused-ring (bicyclic) bond motifs is 1. The Balaban J connectivity index is 1.37. The molecule has 6 nitrogen and oxygen atoms in total. The van der Waals surface area contributed by atoms with Gasteiger partial charge in [0.25, 0.3) is 0 Å². The molecule has 0 radical (unpaired) electrons. The van der Waals surface area contributed by atoms with Gasteiger partial charge < -0.3 is 14.5 Å². The maximum Gasteiger partial charge on any atom is 0.233 e. The Bertz CT molecular complexity index is 996. The second-order valence-corrected chi connectivity index (χ2v) is 10.0. The van der Waals surface area contributed by atoms with Crippen LogP contribution in [0.1, 0.15) is 50.5 Å². The number of carbonyl (C=O) groups is 2. The molecule has 2 aromatic carbocycles. The number of methoxy groups -OCH3 is 1. The highest BCUT2D eigenvalue weighted by Crippen LogP contribution is 2.35. The number of rotatable bonds is 7. The summed E-state index contributed by atoms with van der Waals surface area (Å²) in [6, 6.07) is 16.2. The van der Waals surface area contributed by atoms with Gasteiger partial charge in [-0.15, -0.1) is 0 Å². The molecule has 6 heteroatoms. The summed E-state index contributed by atoms with van der Waals surface area (Å²) in [5.74, 6) is 1.33. The first-order valence-corrected chi connectivity index (χ1v) is 12.4. The quantitative estimate of drug-likeness (QED) is 0.600. The lowest BCUT2D eigenvalue weighted by Crippen LogP contribution is -2.41. The van der Waals surface area contributed by atoms with Crippen LogP contribution in [0.4, 0.5) is 11.4 Å². The zero-order valence-corrected chi connectivity index (χ0v) is 20.9. The fourth-order valence-electron chi connectivity index (χ4n) is 5.17. The lowest BCUT2D eigenvalue weighted by atomic mass is 9.95. The molecule has 0 saturated carbocycles. The Labute approximate surface area is 203 Å². The number of likely N-dealkylation sites (tertiary alicyclic amines) is 1. The van der Waals surface area contributed by atoms with Crippen molar-refractivity contribution in [3.8, 4) is 0 Å². The van der Waals surface area contributed by atoms with Gasteiger partial charge in [0.15, 0.2) is 6.23 Å². The van der Waals surface area contributed by atoms with Crippen LogP contribution in [-0.2, 0) is 20.7 Å². The van der Waals surface area contributed by atoms with Crippen molar-refractivity contribution < 1.29 is 14.3 Å². The zero-order chi connectivity index (χ0) is 24.2. The Hall–Kier alpha value is -2.86. The van der Waals surface area contributed by atoms with E-state index in [1.807, 2.05) is 41.3 Å². The van der Waals surface area contributed by atoms with E-state index in [2.05, 4.69) is 37.9 Å². The van der Waals surface area contributed by atoms with Crippen LogP contribution in [0, 0.1) is 11.8 Å². The lowest BCUT2D eigenvalue weighted by Gasteiger charge is -2.36. The molecule has 1 saturated heterocycles. The van der Waals surface area contributed by atoms with Crippen LogP contribution in [0.3, 0.4) is 0 Å². The molecule has 0 aromatic heterocycles. The monoisotopic (exact) mass is 463 g/mol. The summed E-state index contributed by atoms with van der Waals surface area (Å²) in [4.78, 5) is 31.4. The third kappa shape index (κ3) is 5.27. The number of hydrogen-bond acceptors (Lipinski definition) is 4. The molecule has 2 aliphatic rings. The van der Waals surface area contributed by atoms with E-state index < -0.39 is 6.23 Å². The fourth-order valence-corrected chi connectivity index (χ4v) is 5.17. The Morgan fingerprint density at radius 2 is 1.76 bits per heavy atom. The molecule has 2 heterocycles. The van der Waals surface area contributed by atoms with E-state index in [1.165, 1.54) is 0 Å². The first kappa shape index (κ1) is 24.3. The predicted molar refractivity (Wildman–Crippen MR) is 136 cm³/mol. The summed E-state index contributed by atoms with van der Waals surface area (Å²) in [5.41, 5.74) is 4.05. The number of nitrogens with zero attached hydrogens (tertiary/aromatic N) is 3. The van der Waals surface area contributed by atoms with Gasteiger partial charge in [-0.2, -0.15) is 0 Å². The highest BCUT2D eigenvalue weighted by atomic mass is 16.5. The number of ether oxygens (including phenoxy) is 1. The molecule has 1 atom stereocenters. The third-order valence-electron chi connectivity index (χ3n) is 7.04. The Morgan fingerprint density at radius 1 is 1.09 bits per heavy atom. The summed E-state index contributed by atoms with van der Waals surface area (Å²) >= 11 is 0. The Morgan fingerprint density at radius 3 is 2.41 bits per heavy atom. The van der Waals surface area contributed by atoms with Crippen molar-refractivity contribution in [1.29, 1.82) is 0 Å². The van der Waals surface area contributed by atoms with E-state index in [9.17, 15) is 9.59 Å². The molecule has 182 valence electrons. The van der Waals surface area contributed by atoms with E-state index in [4.69, 9.17) is 4.74 Å². The molecule has 4 rings (SSSR count). The van der Waals surface area contributed by atoms with Crippen LogP contribution in [0.5, 0.6) is 0 Å². The highest BCUT2D eigenvalue weighted by molar-refractivity contribution is 5.97. The molecular weight excluding hydrogens is 426 g/mol. The average Bonchev–Trinajstić information content (AvgIpc) is 2.83. The van der Waals surface area contributed by atoms with Crippen molar-refractivity contribution in [2.24, 2.45) is 11.8 Å². The molecule has 0 spiro atoms. The predicted octanol–water partition coefficient (Wildman–Crippen LogP) is 4.64. The zero-order valence-electron chi connectivity index (χ0n) is 20.9. The van der Waals surface area contributed by atoms with Gasteiger partial charge in [-0.1, -0.05) is 38.1 Å². The molecule has 0 bridgehead atoms. The fraction of sp³-hybridized carbons (Fsp3) is 0.500. The van der Waals surface area contributed by atoms with Crippen LogP contribution in [0.2, 0.25) is 0 Å². The van der Waals surface area contributed by atoms with Gasteiger partial charge in [-0.3, -0.25) is 14.5 Å². The minimum Gasteiger partial charge on any atom is -0.374 e. The molecule has 0 aliphatic carbocycles. The molecule has 34 heavy (non-hydrogen) atoms. The normalized spacial score (nSPS) is 18.9. The second-order valence-electron chi connectivity index (χ2n) is 10.0. The van der Waals surface area contributed by atoms with E-state index in [-0.39, 0.29) is 5.91 Å². The largest absolute Gasteiger partial charge is 0.374 e. The lowest BCUT2D eigenvalue weighted by molar-refractivity contribution is -0.133. The van der Waals surface area contributed by atoms with Crippen molar-refractivity contribution in [3.63, 3.8) is 0 Å². The first-order valence-electron chi connectivity index (χ1n) is 12.4. The number of anilines is 2. The van der Waals surface area contributed by atoms with Crippen LogP contribution in [0.15, 0.2) is 48.5 Å². The molecular formula is C28H37N3O3. The van der Waals surface area contributed by atoms with E-state index in [1.54, 1.807) is 12.0 Å². The van der Waals surface area contributed by atoms with E-state index in [0.29, 0.717) is 30.6 Å². The summed E-state index contributed by atoms with van der Waals surface area (Å²) in [6.07, 6.45) is 2.71. The van der Waals surface area contributed by atoms with Crippen LogP contribution < -0.4 is 9.80 Å². The van der Waals surface area contributed by atoms with Gasteiger partial charge >= 0.3 is 0 Å². The van der Waals surface area contributed by atoms with Crippen molar-refractivity contribution >= 4 is 23.2 Å². The number of carbonyl (C=O) groups excluding carboxylic acids is 2. The SMILES string of the molecule is COC1c2ccccc2CC(=O)N1c1ccc(N(C)CC2CCN(C(=O)CC(C)C)CC2)cc1. The summed E-state index contributed by atoms with van der Waals surface area (Å²) < 4.78 is 5.75. The average molecular weight is 464 g/mol. The van der Waals surface area contributed by atoms with Gasteiger partial charge in [0.05, 0.1) is 6.42 Å². The molecule has 2 aliphatic heterocycles. The minimum atomic E-state index is -0.412. The third-order valence-corrected chi connectivity index (χ3v) is 7.04. The van der Waals surface area contributed by atoms with Gasteiger partial charge in [0, 0.05) is 57.2 Å². The van der Waals surface area contributed by atoms with Crippen LogP contribution in [-0.4, -0.2) is 50.5 Å². The van der Waals surface area contributed by atoms with Crippen molar-refractivity contribution in [2.75, 3.05) is 43.6 Å². The molecule has 1 unspecified atom stereocenters. The number of piperidine rings is 1. The van der Waals surface area contributed by atoms with Crippen molar-refractivity contribution in [3.05, 3.63) is 59.7 Å². The van der Waals surface area contributed by atoms with E-state index >= 15 is 0 Å². The van der Waals surface area contributed by atoms with Gasteiger partial charge in [0.1, 0.15) is 0 Å². The van der Waals surface area contributed by atoms with Gasteiger partial charge in [-0.25, -0.2) is 0 Å². The number of amides is 2. The smallest absolute Gasteiger partial charge is 0.233 e. The maximum absolute atomic E-state index is 12.9. The molecule has 2 aromatic rings. The van der Waals surface area contributed by atoms with Gasteiger partial charge in [-0.05, 0) is 54.5 Å². The van der Waals surface area contributed by atoms with Crippen LogP contribution >= 0.6 is 0 Å². The molecule has 0 N–H and O–H groups in total. The second kappa shape index (κ2) is 10.6. The molecule has 1 fully saturated rings. The topological polar surface area (TPSA) is 53.1 Å². The Kier molecular flexibility index (Phi) is 7.57. The number of hydrogen-bond donors (Lipinski definition) is 0.